The molecule has 2 aliphatic rings. The fraction of sp³-hybridized carbons (Fsp3) is 0.923. The molecule has 98 valence electrons. The molecule has 17 heavy (non-hydrogen) atoms. The normalized spacial score (nSPS) is 33.6. The molecule has 0 aromatic rings. The van der Waals surface area contributed by atoms with Crippen LogP contribution in [0.3, 0.4) is 0 Å². The molecule has 0 radical (unpaired) electrons. The van der Waals surface area contributed by atoms with Gasteiger partial charge in [-0.3, -0.25) is 4.79 Å². The average molecular weight is 240 g/mol. The van der Waals surface area contributed by atoms with E-state index in [1.807, 2.05) is 0 Å². The van der Waals surface area contributed by atoms with Crippen LogP contribution in [0.4, 0.5) is 0 Å². The van der Waals surface area contributed by atoms with Crippen molar-refractivity contribution < 1.29 is 9.53 Å². The third kappa shape index (κ3) is 3.96. The van der Waals surface area contributed by atoms with Gasteiger partial charge in [-0.15, -0.1) is 0 Å². The molecule has 0 spiro atoms. The summed E-state index contributed by atoms with van der Waals surface area (Å²) in [5, 5.41) is 6.50. The largest absolute Gasteiger partial charge is 0.378 e. The Morgan fingerprint density at radius 1 is 1.47 bits per heavy atom. The predicted molar refractivity (Wildman–Crippen MR) is 66.8 cm³/mol. The highest BCUT2D eigenvalue weighted by Crippen LogP contribution is 2.17. The number of amides is 1. The lowest BCUT2D eigenvalue weighted by molar-refractivity contribution is -0.122. The van der Waals surface area contributed by atoms with Crippen LogP contribution < -0.4 is 10.6 Å². The SMILES string of the molecule is CC1CNCCC1NC(=O)CCC1CCCO1. The lowest BCUT2D eigenvalue weighted by Crippen LogP contribution is -2.48. The second-order valence-corrected chi connectivity index (χ2v) is 5.32. The fourth-order valence-corrected chi connectivity index (χ4v) is 2.67. The monoisotopic (exact) mass is 240 g/mol. The van der Waals surface area contributed by atoms with E-state index >= 15 is 0 Å². The van der Waals surface area contributed by atoms with Crippen molar-refractivity contribution in [3.63, 3.8) is 0 Å². The summed E-state index contributed by atoms with van der Waals surface area (Å²) in [7, 11) is 0. The molecular weight excluding hydrogens is 216 g/mol. The zero-order chi connectivity index (χ0) is 12.1. The fourth-order valence-electron chi connectivity index (χ4n) is 2.67. The molecule has 2 saturated heterocycles. The maximum absolute atomic E-state index is 11.8. The second-order valence-electron chi connectivity index (χ2n) is 5.32. The van der Waals surface area contributed by atoms with E-state index in [4.69, 9.17) is 4.74 Å². The van der Waals surface area contributed by atoms with Crippen molar-refractivity contribution in [3.8, 4) is 0 Å². The summed E-state index contributed by atoms with van der Waals surface area (Å²) in [4.78, 5) is 11.8. The highest BCUT2D eigenvalue weighted by molar-refractivity contribution is 5.76. The molecule has 4 heteroatoms. The molecule has 0 aliphatic carbocycles. The van der Waals surface area contributed by atoms with Crippen LogP contribution in [-0.4, -0.2) is 37.7 Å². The Labute approximate surface area is 103 Å². The third-order valence-electron chi connectivity index (χ3n) is 3.85. The first-order valence-corrected chi connectivity index (χ1v) is 6.87. The van der Waals surface area contributed by atoms with E-state index in [0.717, 1.165) is 45.4 Å². The molecule has 0 bridgehead atoms. The molecule has 3 atom stereocenters. The maximum atomic E-state index is 11.8. The van der Waals surface area contributed by atoms with Gasteiger partial charge in [-0.05, 0) is 44.7 Å². The van der Waals surface area contributed by atoms with E-state index in [9.17, 15) is 4.79 Å². The smallest absolute Gasteiger partial charge is 0.220 e. The third-order valence-corrected chi connectivity index (χ3v) is 3.85. The summed E-state index contributed by atoms with van der Waals surface area (Å²) in [6.07, 6.45) is 5.14. The summed E-state index contributed by atoms with van der Waals surface area (Å²) in [6.45, 7) is 5.09. The number of rotatable bonds is 4. The highest BCUT2D eigenvalue weighted by Gasteiger charge is 2.23. The van der Waals surface area contributed by atoms with Crippen molar-refractivity contribution >= 4 is 5.91 Å². The molecule has 0 saturated carbocycles. The Morgan fingerprint density at radius 3 is 3.06 bits per heavy atom. The van der Waals surface area contributed by atoms with Gasteiger partial charge < -0.3 is 15.4 Å². The lowest BCUT2D eigenvalue weighted by atomic mass is 9.95. The zero-order valence-electron chi connectivity index (χ0n) is 10.7. The molecule has 2 fully saturated rings. The number of piperidine rings is 1. The summed E-state index contributed by atoms with van der Waals surface area (Å²) in [5.41, 5.74) is 0. The van der Waals surface area contributed by atoms with Crippen LogP contribution >= 0.6 is 0 Å². The van der Waals surface area contributed by atoms with Crippen LogP contribution in [0, 0.1) is 5.92 Å². The summed E-state index contributed by atoms with van der Waals surface area (Å²) in [5.74, 6) is 0.731. The molecule has 0 aromatic heterocycles. The van der Waals surface area contributed by atoms with Gasteiger partial charge in [0.1, 0.15) is 0 Å². The number of nitrogens with one attached hydrogen (secondary N) is 2. The van der Waals surface area contributed by atoms with Gasteiger partial charge in [-0.25, -0.2) is 0 Å². The van der Waals surface area contributed by atoms with Gasteiger partial charge in [0.15, 0.2) is 0 Å². The molecule has 2 N–H and O–H groups in total. The van der Waals surface area contributed by atoms with Gasteiger partial charge in [0, 0.05) is 19.1 Å². The van der Waals surface area contributed by atoms with Gasteiger partial charge in [0.05, 0.1) is 6.10 Å². The van der Waals surface area contributed by atoms with Crippen molar-refractivity contribution in [1.82, 2.24) is 10.6 Å². The Balaban J connectivity index is 1.65. The number of carbonyl (C=O) groups is 1. The van der Waals surface area contributed by atoms with Gasteiger partial charge in [0.25, 0.3) is 0 Å². The van der Waals surface area contributed by atoms with Crippen LogP contribution in [0.15, 0.2) is 0 Å². The Kier molecular flexibility index (Phi) is 4.80. The van der Waals surface area contributed by atoms with Crippen molar-refractivity contribution in [2.75, 3.05) is 19.7 Å². The van der Waals surface area contributed by atoms with E-state index in [2.05, 4.69) is 17.6 Å². The lowest BCUT2D eigenvalue weighted by Gasteiger charge is -2.30. The minimum Gasteiger partial charge on any atom is -0.378 e. The number of hydrogen-bond donors (Lipinski definition) is 2. The molecule has 1 amide bonds. The number of carbonyl (C=O) groups excluding carboxylic acids is 1. The molecule has 2 rings (SSSR count). The molecule has 4 nitrogen and oxygen atoms in total. The Bertz CT molecular complexity index is 252. The van der Waals surface area contributed by atoms with Crippen LogP contribution in [0.5, 0.6) is 0 Å². The number of ether oxygens (including phenoxy) is 1. The quantitative estimate of drug-likeness (QED) is 0.772. The van der Waals surface area contributed by atoms with E-state index in [1.54, 1.807) is 0 Å². The molecule has 0 aromatic carbocycles. The zero-order valence-corrected chi connectivity index (χ0v) is 10.7. The molecule has 3 unspecified atom stereocenters. The van der Waals surface area contributed by atoms with E-state index in [-0.39, 0.29) is 5.91 Å². The van der Waals surface area contributed by atoms with Crippen molar-refractivity contribution in [1.29, 1.82) is 0 Å². The van der Waals surface area contributed by atoms with Crippen LogP contribution in [0.2, 0.25) is 0 Å². The summed E-state index contributed by atoms with van der Waals surface area (Å²) in [6, 6.07) is 0.355. The molecular formula is C13H24N2O2. The maximum Gasteiger partial charge on any atom is 0.220 e. The first-order valence-electron chi connectivity index (χ1n) is 6.87. The molecule has 2 aliphatic heterocycles. The Morgan fingerprint density at radius 2 is 2.35 bits per heavy atom. The van der Waals surface area contributed by atoms with Crippen LogP contribution in [0.25, 0.3) is 0 Å². The standard InChI is InChI=1S/C13H24N2O2/c1-10-9-14-7-6-12(10)15-13(16)5-4-11-3-2-8-17-11/h10-12,14H,2-9H2,1H3,(H,15,16). The first kappa shape index (κ1) is 12.8. The minimum absolute atomic E-state index is 0.194. The van der Waals surface area contributed by atoms with E-state index in [1.165, 1.54) is 0 Å². The first-order chi connectivity index (χ1) is 8.25. The van der Waals surface area contributed by atoms with Crippen molar-refractivity contribution in [3.05, 3.63) is 0 Å². The van der Waals surface area contributed by atoms with Gasteiger partial charge in [-0.1, -0.05) is 6.92 Å². The van der Waals surface area contributed by atoms with E-state index < -0.39 is 0 Å². The van der Waals surface area contributed by atoms with Gasteiger partial charge >= 0.3 is 0 Å². The second kappa shape index (κ2) is 6.36. The topological polar surface area (TPSA) is 50.4 Å². The molecule has 2 heterocycles. The van der Waals surface area contributed by atoms with Gasteiger partial charge in [0.2, 0.25) is 5.91 Å². The van der Waals surface area contributed by atoms with Crippen LogP contribution in [0.1, 0.15) is 39.0 Å². The Hall–Kier alpha value is -0.610. The summed E-state index contributed by atoms with van der Waals surface area (Å²) >= 11 is 0. The highest BCUT2D eigenvalue weighted by atomic mass is 16.5. The van der Waals surface area contributed by atoms with Crippen molar-refractivity contribution in [2.24, 2.45) is 5.92 Å². The van der Waals surface area contributed by atoms with Crippen LogP contribution in [-0.2, 0) is 9.53 Å². The minimum atomic E-state index is 0.194. The van der Waals surface area contributed by atoms with Crippen molar-refractivity contribution in [2.45, 2.75) is 51.2 Å². The number of hydrogen-bond acceptors (Lipinski definition) is 3. The van der Waals surface area contributed by atoms with Gasteiger partial charge in [-0.2, -0.15) is 0 Å². The average Bonchev–Trinajstić information content (AvgIpc) is 2.82. The predicted octanol–water partition coefficient (Wildman–Crippen LogP) is 1.06. The van der Waals surface area contributed by atoms with E-state index in [0.29, 0.717) is 24.5 Å². The summed E-state index contributed by atoms with van der Waals surface area (Å²) < 4.78 is 5.52.